The second-order valence-corrected chi connectivity index (χ2v) is 5.06. The molecule has 1 aromatic heterocycles. The summed E-state index contributed by atoms with van der Waals surface area (Å²) in [5.74, 6) is 0. The third-order valence-corrected chi connectivity index (χ3v) is 3.93. The van der Waals surface area contributed by atoms with Gasteiger partial charge in [-0.15, -0.1) is 11.3 Å². The predicted molar refractivity (Wildman–Crippen MR) is 71.3 cm³/mol. The summed E-state index contributed by atoms with van der Waals surface area (Å²) in [4.78, 5) is 5.36. The summed E-state index contributed by atoms with van der Waals surface area (Å²) in [5.41, 5.74) is 2.47. The van der Waals surface area contributed by atoms with E-state index in [1.807, 2.05) is 31.2 Å². The molecule has 0 aliphatic rings. The van der Waals surface area contributed by atoms with Crippen LogP contribution in [0.5, 0.6) is 0 Å². The van der Waals surface area contributed by atoms with Gasteiger partial charge in [-0.3, -0.25) is 0 Å². The van der Waals surface area contributed by atoms with E-state index in [2.05, 4.69) is 10.1 Å². The number of benzene rings is 1. The lowest BCUT2D eigenvalue weighted by molar-refractivity contribution is 0.319. The third-order valence-electron chi connectivity index (χ3n) is 2.37. The molecule has 2 rings (SSSR count). The summed E-state index contributed by atoms with van der Waals surface area (Å²) in [6.07, 6.45) is 0. The molecule has 0 aliphatic heterocycles. The van der Waals surface area contributed by atoms with Crippen LogP contribution in [-0.2, 0) is 0 Å². The van der Waals surface area contributed by atoms with Gasteiger partial charge in [0.25, 0.3) is 0 Å². The zero-order valence-electron chi connectivity index (χ0n) is 9.44. The van der Waals surface area contributed by atoms with Gasteiger partial charge in [-0.2, -0.15) is 0 Å². The number of thiazole rings is 1. The van der Waals surface area contributed by atoms with Gasteiger partial charge in [-0.05, 0) is 26.0 Å². The van der Waals surface area contributed by atoms with Crippen molar-refractivity contribution in [2.75, 3.05) is 0 Å². The molecule has 2 aromatic rings. The van der Waals surface area contributed by atoms with E-state index in [1.54, 1.807) is 6.92 Å². The molecular formula is C12H11ClN2OS. The molecular weight excluding hydrogens is 256 g/mol. The van der Waals surface area contributed by atoms with Crippen LogP contribution in [0, 0.1) is 6.92 Å². The van der Waals surface area contributed by atoms with Gasteiger partial charge in [0.15, 0.2) is 0 Å². The van der Waals surface area contributed by atoms with Crippen LogP contribution < -0.4 is 0 Å². The lowest BCUT2D eigenvalue weighted by atomic mass is 10.2. The highest BCUT2D eigenvalue weighted by molar-refractivity contribution is 7.17. The van der Waals surface area contributed by atoms with Gasteiger partial charge >= 0.3 is 0 Å². The van der Waals surface area contributed by atoms with Gasteiger partial charge < -0.3 is 5.21 Å². The maximum Gasteiger partial charge on any atom is 0.124 e. The lowest BCUT2D eigenvalue weighted by Crippen LogP contribution is -1.92. The molecule has 0 fully saturated rings. The lowest BCUT2D eigenvalue weighted by Gasteiger charge is -1.95. The summed E-state index contributed by atoms with van der Waals surface area (Å²) in [5, 5.41) is 13.6. The molecule has 3 nitrogen and oxygen atoms in total. The summed E-state index contributed by atoms with van der Waals surface area (Å²) in [6.45, 7) is 3.66. The molecule has 1 heterocycles. The Kier molecular flexibility index (Phi) is 3.45. The molecule has 0 amide bonds. The number of aromatic nitrogens is 1. The van der Waals surface area contributed by atoms with Crippen molar-refractivity contribution in [2.24, 2.45) is 5.16 Å². The topological polar surface area (TPSA) is 45.5 Å². The van der Waals surface area contributed by atoms with Crippen molar-refractivity contribution in [1.29, 1.82) is 0 Å². The first-order valence-electron chi connectivity index (χ1n) is 5.04. The van der Waals surface area contributed by atoms with E-state index in [0.29, 0.717) is 10.7 Å². The number of nitrogens with zero attached hydrogens (tertiary/aromatic N) is 2. The number of hydrogen-bond acceptors (Lipinski definition) is 4. The molecule has 0 aliphatic carbocycles. The van der Waals surface area contributed by atoms with Crippen LogP contribution >= 0.6 is 22.9 Å². The zero-order chi connectivity index (χ0) is 12.4. The van der Waals surface area contributed by atoms with Crippen molar-refractivity contribution in [3.05, 3.63) is 39.9 Å². The molecule has 0 spiro atoms. The zero-order valence-corrected chi connectivity index (χ0v) is 11.0. The molecule has 5 heteroatoms. The Bertz CT molecular complexity index is 560. The minimum atomic E-state index is 0.584. The van der Waals surface area contributed by atoms with Gasteiger partial charge in [-0.25, -0.2) is 4.98 Å². The van der Waals surface area contributed by atoms with E-state index in [-0.39, 0.29) is 0 Å². The molecule has 17 heavy (non-hydrogen) atoms. The molecule has 0 bridgehead atoms. The van der Waals surface area contributed by atoms with Crippen molar-refractivity contribution in [1.82, 2.24) is 4.98 Å². The number of aryl methyl sites for hydroxylation is 1. The highest BCUT2D eigenvalue weighted by Crippen LogP contribution is 2.29. The minimum Gasteiger partial charge on any atom is -0.411 e. The molecule has 1 N–H and O–H groups in total. The van der Waals surface area contributed by atoms with E-state index < -0.39 is 0 Å². The highest BCUT2D eigenvalue weighted by atomic mass is 35.5. The van der Waals surface area contributed by atoms with Crippen LogP contribution in [0.15, 0.2) is 29.4 Å². The molecule has 0 saturated heterocycles. The number of hydrogen-bond donors (Lipinski definition) is 1. The van der Waals surface area contributed by atoms with Crippen molar-refractivity contribution in [3.63, 3.8) is 0 Å². The smallest absolute Gasteiger partial charge is 0.124 e. The van der Waals surface area contributed by atoms with Crippen LogP contribution in [0.3, 0.4) is 0 Å². The van der Waals surface area contributed by atoms with Crippen molar-refractivity contribution in [3.8, 4) is 10.6 Å². The second-order valence-electron chi connectivity index (χ2n) is 3.63. The number of halogens is 1. The van der Waals surface area contributed by atoms with Crippen molar-refractivity contribution in [2.45, 2.75) is 13.8 Å². The monoisotopic (exact) mass is 266 g/mol. The normalized spacial score (nSPS) is 11.8. The van der Waals surface area contributed by atoms with Crippen LogP contribution in [0.2, 0.25) is 5.02 Å². The van der Waals surface area contributed by atoms with Gasteiger partial charge in [0.2, 0.25) is 0 Å². The predicted octanol–water partition coefficient (Wildman–Crippen LogP) is 3.97. The number of rotatable bonds is 2. The highest BCUT2D eigenvalue weighted by Gasteiger charge is 2.11. The molecule has 0 atom stereocenters. The van der Waals surface area contributed by atoms with Gasteiger partial charge in [-0.1, -0.05) is 28.9 Å². The van der Waals surface area contributed by atoms with E-state index in [4.69, 9.17) is 16.8 Å². The van der Waals surface area contributed by atoms with E-state index >= 15 is 0 Å². The van der Waals surface area contributed by atoms with Crippen molar-refractivity contribution >= 4 is 28.6 Å². The fourth-order valence-electron chi connectivity index (χ4n) is 1.49. The quantitative estimate of drug-likeness (QED) is 0.508. The number of oxime groups is 1. The molecule has 0 unspecified atom stereocenters. The third kappa shape index (κ3) is 2.48. The second kappa shape index (κ2) is 4.85. The first-order chi connectivity index (χ1) is 8.11. The first kappa shape index (κ1) is 12.1. The summed E-state index contributed by atoms with van der Waals surface area (Å²) in [6, 6.07) is 7.52. The van der Waals surface area contributed by atoms with Crippen LogP contribution in [0.4, 0.5) is 0 Å². The van der Waals surface area contributed by atoms with Crippen LogP contribution in [0.1, 0.15) is 17.5 Å². The Morgan fingerprint density at radius 2 is 2.00 bits per heavy atom. The van der Waals surface area contributed by atoms with E-state index in [1.165, 1.54) is 11.3 Å². The van der Waals surface area contributed by atoms with E-state index in [0.717, 1.165) is 21.1 Å². The fourth-order valence-corrected chi connectivity index (χ4v) is 2.63. The maximum absolute atomic E-state index is 8.78. The summed E-state index contributed by atoms with van der Waals surface area (Å²) < 4.78 is 0. The van der Waals surface area contributed by atoms with E-state index in [9.17, 15) is 0 Å². The van der Waals surface area contributed by atoms with Gasteiger partial charge in [0.05, 0.1) is 16.3 Å². The summed E-state index contributed by atoms with van der Waals surface area (Å²) in [7, 11) is 0. The largest absolute Gasteiger partial charge is 0.411 e. The average molecular weight is 267 g/mol. The summed E-state index contributed by atoms with van der Waals surface area (Å²) >= 11 is 7.35. The van der Waals surface area contributed by atoms with Crippen LogP contribution in [-0.4, -0.2) is 15.9 Å². The Balaban J connectivity index is 2.44. The van der Waals surface area contributed by atoms with Gasteiger partial charge in [0, 0.05) is 10.6 Å². The average Bonchev–Trinajstić information content (AvgIpc) is 2.71. The fraction of sp³-hybridized carbons (Fsp3) is 0.167. The van der Waals surface area contributed by atoms with Gasteiger partial charge in [0.1, 0.15) is 5.01 Å². The van der Waals surface area contributed by atoms with Crippen molar-refractivity contribution < 1.29 is 5.21 Å². The standard InChI is InChI=1S/C12H11ClN2OS/c1-7-11(8(2)15-16)17-12(14-7)9-3-5-10(13)6-4-9/h3-6,16H,1-2H3. The Hall–Kier alpha value is -1.39. The Morgan fingerprint density at radius 1 is 1.35 bits per heavy atom. The molecule has 1 aromatic carbocycles. The van der Waals surface area contributed by atoms with Crippen LogP contribution in [0.25, 0.3) is 10.6 Å². The Labute approximate surface area is 108 Å². The first-order valence-corrected chi connectivity index (χ1v) is 6.23. The molecule has 88 valence electrons. The molecule has 0 radical (unpaired) electrons. The SMILES string of the molecule is CC(=NO)c1sc(-c2ccc(Cl)cc2)nc1C. The molecule has 0 saturated carbocycles. The minimum absolute atomic E-state index is 0.584. The maximum atomic E-state index is 8.78. The Morgan fingerprint density at radius 3 is 2.59 bits per heavy atom.